The maximum Gasteiger partial charge on any atom is 0.134 e. The molecular formula is C21H22FNO2. The summed E-state index contributed by atoms with van der Waals surface area (Å²) in [5.41, 5.74) is 2.57. The molecule has 25 heavy (non-hydrogen) atoms. The van der Waals surface area contributed by atoms with Crippen LogP contribution in [0.4, 0.5) is 4.39 Å². The molecule has 0 aliphatic carbocycles. The molecule has 2 N–H and O–H groups in total. The molecule has 2 aromatic carbocycles. The van der Waals surface area contributed by atoms with Crippen LogP contribution in [0, 0.1) is 5.82 Å². The zero-order chi connectivity index (χ0) is 17.6. The largest absolute Gasteiger partial charge is 0.460 e. The van der Waals surface area contributed by atoms with Crippen molar-refractivity contribution in [1.82, 2.24) is 5.32 Å². The fraction of sp³-hybridized carbons (Fsp3) is 0.238. The predicted molar refractivity (Wildman–Crippen MR) is 96.6 cm³/mol. The SMILES string of the molecule is C[C@@H](O)c1ccc(-c2ccc(CNCCc3ccccc3F)o2)cc1. The summed E-state index contributed by atoms with van der Waals surface area (Å²) in [6, 6.07) is 18.4. The third kappa shape index (κ3) is 4.56. The molecule has 0 spiro atoms. The van der Waals surface area contributed by atoms with Crippen LogP contribution in [-0.4, -0.2) is 11.7 Å². The lowest BCUT2D eigenvalue weighted by Crippen LogP contribution is -2.16. The maximum atomic E-state index is 13.5. The fourth-order valence-electron chi connectivity index (χ4n) is 2.69. The van der Waals surface area contributed by atoms with Crippen LogP contribution in [0.25, 0.3) is 11.3 Å². The molecule has 1 atom stereocenters. The van der Waals surface area contributed by atoms with E-state index in [0.29, 0.717) is 25.1 Å². The lowest BCUT2D eigenvalue weighted by Gasteiger charge is -2.05. The molecule has 0 aliphatic heterocycles. The monoisotopic (exact) mass is 339 g/mol. The van der Waals surface area contributed by atoms with Gasteiger partial charge in [0.05, 0.1) is 12.6 Å². The van der Waals surface area contributed by atoms with Crippen LogP contribution >= 0.6 is 0 Å². The molecule has 1 aromatic heterocycles. The van der Waals surface area contributed by atoms with Crippen LogP contribution in [0.2, 0.25) is 0 Å². The van der Waals surface area contributed by atoms with Gasteiger partial charge in [-0.2, -0.15) is 0 Å². The van der Waals surface area contributed by atoms with Crippen LogP contribution in [0.3, 0.4) is 0 Å². The lowest BCUT2D eigenvalue weighted by molar-refractivity contribution is 0.199. The molecule has 0 bridgehead atoms. The summed E-state index contributed by atoms with van der Waals surface area (Å²) in [6.07, 6.45) is 0.168. The number of hydrogen-bond donors (Lipinski definition) is 2. The molecule has 4 heteroatoms. The molecule has 3 nitrogen and oxygen atoms in total. The molecule has 0 aliphatic rings. The number of halogens is 1. The molecule has 0 radical (unpaired) electrons. The van der Waals surface area contributed by atoms with E-state index in [-0.39, 0.29) is 5.82 Å². The Kier molecular flexibility index (Phi) is 5.64. The maximum absolute atomic E-state index is 13.5. The Morgan fingerprint density at radius 2 is 1.80 bits per heavy atom. The number of rotatable bonds is 7. The highest BCUT2D eigenvalue weighted by Crippen LogP contribution is 2.24. The fourth-order valence-corrected chi connectivity index (χ4v) is 2.69. The summed E-state index contributed by atoms with van der Waals surface area (Å²) in [5.74, 6) is 1.47. The van der Waals surface area contributed by atoms with Crippen LogP contribution in [0.15, 0.2) is 65.1 Å². The van der Waals surface area contributed by atoms with Gasteiger partial charge in [0.2, 0.25) is 0 Å². The van der Waals surface area contributed by atoms with Gasteiger partial charge in [-0.3, -0.25) is 0 Å². The summed E-state index contributed by atoms with van der Waals surface area (Å²) in [5, 5.41) is 12.8. The van der Waals surface area contributed by atoms with E-state index in [4.69, 9.17) is 4.42 Å². The van der Waals surface area contributed by atoms with Crippen molar-refractivity contribution in [3.8, 4) is 11.3 Å². The van der Waals surface area contributed by atoms with Crippen molar-refractivity contribution in [1.29, 1.82) is 0 Å². The minimum atomic E-state index is -0.472. The normalized spacial score (nSPS) is 12.3. The second kappa shape index (κ2) is 8.10. The first-order valence-electron chi connectivity index (χ1n) is 8.45. The summed E-state index contributed by atoms with van der Waals surface area (Å²) >= 11 is 0. The first-order valence-corrected chi connectivity index (χ1v) is 8.45. The van der Waals surface area contributed by atoms with Crippen LogP contribution in [0.1, 0.15) is 29.9 Å². The van der Waals surface area contributed by atoms with Gasteiger partial charge < -0.3 is 14.8 Å². The Labute approximate surface area is 147 Å². The van der Waals surface area contributed by atoms with Crippen molar-refractivity contribution < 1.29 is 13.9 Å². The van der Waals surface area contributed by atoms with E-state index in [1.807, 2.05) is 42.5 Å². The minimum Gasteiger partial charge on any atom is -0.460 e. The Morgan fingerprint density at radius 3 is 2.52 bits per heavy atom. The standard InChI is InChI=1S/C21H22FNO2/c1-15(24)16-6-8-18(9-7-16)21-11-10-19(25-21)14-23-13-12-17-4-2-3-5-20(17)22/h2-11,15,23-24H,12-14H2,1H3/t15-/m1/s1. The van der Waals surface area contributed by atoms with Crippen LogP contribution in [-0.2, 0) is 13.0 Å². The minimum absolute atomic E-state index is 0.162. The third-order valence-electron chi connectivity index (χ3n) is 4.17. The van der Waals surface area contributed by atoms with Crippen molar-refractivity contribution in [2.75, 3.05) is 6.54 Å². The molecule has 0 amide bonds. The number of furan rings is 1. The second-order valence-electron chi connectivity index (χ2n) is 6.08. The molecule has 130 valence electrons. The molecule has 0 unspecified atom stereocenters. The lowest BCUT2D eigenvalue weighted by atomic mass is 10.1. The number of aliphatic hydroxyl groups is 1. The molecule has 3 aromatic rings. The Morgan fingerprint density at radius 1 is 1.04 bits per heavy atom. The molecule has 0 saturated heterocycles. The summed E-state index contributed by atoms with van der Waals surface area (Å²) in [6.45, 7) is 3.02. The van der Waals surface area contributed by atoms with E-state index in [1.165, 1.54) is 6.07 Å². The number of aliphatic hydroxyl groups excluding tert-OH is 1. The zero-order valence-corrected chi connectivity index (χ0v) is 14.2. The van der Waals surface area contributed by atoms with Gasteiger partial charge in [0.1, 0.15) is 17.3 Å². The first-order chi connectivity index (χ1) is 12.1. The number of hydrogen-bond acceptors (Lipinski definition) is 3. The Bertz CT molecular complexity index is 809. The van der Waals surface area contributed by atoms with Crippen molar-refractivity contribution in [3.63, 3.8) is 0 Å². The van der Waals surface area contributed by atoms with Gasteiger partial charge >= 0.3 is 0 Å². The van der Waals surface area contributed by atoms with Crippen molar-refractivity contribution >= 4 is 0 Å². The van der Waals surface area contributed by atoms with E-state index in [2.05, 4.69) is 5.32 Å². The van der Waals surface area contributed by atoms with Gasteiger partial charge in [-0.1, -0.05) is 42.5 Å². The number of benzene rings is 2. The first kappa shape index (κ1) is 17.4. The topological polar surface area (TPSA) is 45.4 Å². The molecule has 3 rings (SSSR count). The van der Waals surface area contributed by atoms with Crippen LogP contribution in [0.5, 0.6) is 0 Å². The van der Waals surface area contributed by atoms with Crippen molar-refractivity contribution in [2.45, 2.75) is 26.0 Å². The predicted octanol–water partition coefficient (Wildman–Crippen LogP) is 4.47. The van der Waals surface area contributed by atoms with Gasteiger partial charge in [0, 0.05) is 5.56 Å². The zero-order valence-electron chi connectivity index (χ0n) is 14.2. The van der Waals surface area contributed by atoms with E-state index in [9.17, 15) is 9.50 Å². The second-order valence-corrected chi connectivity index (χ2v) is 6.08. The van der Waals surface area contributed by atoms with Gasteiger partial charge in [-0.25, -0.2) is 4.39 Å². The molecule has 0 saturated carbocycles. The highest BCUT2D eigenvalue weighted by atomic mass is 19.1. The quantitative estimate of drug-likeness (QED) is 0.624. The summed E-state index contributed by atoms with van der Waals surface area (Å²) in [7, 11) is 0. The van der Waals surface area contributed by atoms with Crippen molar-refractivity contribution in [3.05, 3.63) is 83.4 Å². The van der Waals surface area contributed by atoms with Gasteiger partial charge in [0.15, 0.2) is 0 Å². The van der Waals surface area contributed by atoms with Crippen molar-refractivity contribution in [2.24, 2.45) is 0 Å². The van der Waals surface area contributed by atoms with Gasteiger partial charge in [-0.05, 0) is 49.2 Å². The molecule has 1 heterocycles. The van der Waals surface area contributed by atoms with Gasteiger partial charge in [0.25, 0.3) is 0 Å². The average molecular weight is 339 g/mol. The van der Waals surface area contributed by atoms with E-state index in [1.54, 1.807) is 19.1 Å². The number of nitrogens with one attached hydrogen (secondary N) is 1. The summed E-state index contributed by atoms with van der Waals surface area (Å²) < 4.78 is 19.4. The highest BCUT2D eigenvalue weighted by Gasteiger charge is 2.07. The van der Waals surface area contributed by atoms with Gasteiger partial charge in [-0.15, -0.1) is 0 Å². The van der Waals surface area contributed by atoms with E-state index < -0.39 is 6.10 Å². The molecule has 0 fully saturated rings. The Balaban J connectivity index is 1.52. The Hall–Kier alpha value is -2.43. The highest BCUT2D eigenvalue weighted by molar-refractivity contribution is 5.58. The van der Waals surface area contributed by atoms with Crippen LogP contribution < -0.4 is 5.32 Å². The molecular weight excluding hydrogens is 317 g/mol. The third-order valence-corrected chi connectivity index (χ3v) is 4.17. The summed E-state index contributed by atoms with van der Waals surface area (Å²) in [4.78, 5) is 0. The average Bonchev–Trinajstić information content (AvgIpc) is 3.09. The van der Waals surface area contributed by atoms with E-state index in [0.717, 1.165) is 22.6 Å². The van der Waals surface area contributed by atoms with E-state index >= 15 is 0 Å². The smallest absolute Gasteiger partial charge is 0.134 e.